The molecule has 0 saturated carbocycles. The third kappa shape index (κ3) is 2.70. The van der Waals surface area contributed by atoms with Crippen LogP contribution in [-0.4, -0.2) is 4.98 Å². The Morgan fingerprint density at radius 1 is 1.47 bits per heavy atom. The SMILES string of the molecule is Cc1nc(CNc2cccc(N)c2)cs1. The molecule has 0 fully saturated rings. The quantitative estimate of drug-likeness (QED) is 0.780. The predicted octanol–water partition coefficient (Wildman–Crippen LogP) is 2.65. The molecule has 0 aliphatic rings. The highest BCUT2D eigenvalue weighted by Crippen LogP contribution is 2.14. The molecule has 1 aromatic carbocycles. The van der Waals surface area contributed by atoms with Gasteiger partial charge in [-0.05, 0) is 25.1 Å². The van der Waals surface area contributed by atoms with Crippen LogP contribution < -0.4 is 11.1 Å². The van der Waals surface area contributed by atoms with E-state index in [1.54, 1.807) is 11.3 Å². The zero-order chi connectivity index (χ0) is 10.7. The smallest absolute Gasteiger partial charge is 0.0898 e. The van der Waals surface area contributed by atoms with Gasteiger partial charge in [0.15, 0.2) is 0 Å². The minimum atomic E-state index is 0.744. The number of hydrogen-bond acceptors (Lipinski definition) is 4. The molecule has 0 aliphatic heterocycles. The first-order valence-corrected chi connectivity index (χ1v) is 5.62. The van der Waals surface area contributed by atoms with Crippen molar-refractivity contribution in [1.82, 2.24) is 4.98 Å². The summed E-state index contributed by atoms with van der Waals surface area (Å²) < 4.78 is 0. The number of aromatic nitrogens is 1. The average molecular weight is 219 g/mol. The van der Waals surface area contributed by atoms with E-state index in [2.05, 4.69) is 15.7 Å². The molecule has 4 heteroatoms. The number of nitrogen functional groups attached to an aromatic ring is 1. The van der Waals surface area contributed by atoms with Crippen LogP contribution in [0.15, 0.2) is 29.6 Å². The summed E-state index contributed by atoms with van der Waals surface area (Å²) in [5.41, 5.74) is 8.55. The number of nitrogens with zero attached hydrogens (tertiary/aromatic N) is 1. The Bertz CT molecular complexity index is 451. The van der Waals surface area contributed by atoms with Crippen molar-refractivity contribution in [2.45, 2.75) is 13.5 Å². The molecule has 1 heterocycles. The van der Waals surface area contributed by atoms with Crippen LogP contribution in [0.2, 0.25) is 0 Å². The topological polar surface area (TPSA) is 50.9 Å². The Hall–Kier alpha value is -1.55. The van der Waals surface area contributed by atoms with Gasteiger partial charge >= 0.3 is 0 Å². The van der Waals surface area contributed by atoms with Crippen LogP contribution in [0.1, 0.15) is 10.7 Å². The van der Waals surface area contributed by atoms with Crippen molar-refractivity contribution >= 4 is 22.7 Å². The van der Waals surface area contributed by atoms with Crippen molar-refractivity contribution < 1.29 is 0 Å². The minimum Gasteiger partial charge on any atom is -0.399 e. The summed E-state index contributed by atoms with van der Waals surface area (Å²) in [4.78, 5) is 4.37. The molecular formula is C11H13N3S. The Morgan fingerprint density at radius 3 is 3.00 bits per heavy atom. The van der Waals surface area contributed by atoms with Crippen molar-refractivity contribution in [1.29, 1.82) is 0 Å². The van der Waals surface area contributed by atoms with Crippen LogP contribution in [-0.2, 0) is 6.54 Å². The molecule has 3 N–H and O–H groups in total. The van der Waals surface area contributed by atoms with Crippen LogP contribution >= 0.6 is 11.3 Å². The van der Waals surface area contributed by atoms with Gasteiger partial charge in [-0.3, -0.25) is 0 Å². The first-order valence-electron chi connectivity index (χ1n) is 4.74. The molecule has 0 bridgehead atoms. The number of nitrogens with two attached hydrogens (primary N) is 1. The monoisotopic (exact) mass is 219 g/mol. The molecule has 0 unspecified atom stereocenters. The van der Waals surface area contributed by atoms with E-state index < -0.39 is 0 Å². The molecule has 2 aromatic rings. The fraction of sp³-hybridized carbons (Fsp3) is 0.182. The summed E-state index contributed by atoms with van der Waals surface area (Å²) in [7, 11) is 0. The molecule has 0 aliphatic carbocycles. The fourth-order valence-corrected chi connectivity index (χ4v) is 1.94. The zero-order valence-corrected chi connectivity index (χ0v) is 9.34. The Balaban J connectivity index is 1.99. The first-order chi connectivity index (χ1) is 7.24. The largest absolute Gasteiger partial charge is 0.399 e. The van der Waals surface area contributed by atoms with Gasteiger partial charge < -0.3 is 11.1 Å². The second-order valence-corrected chi connectivity index (χ2v) is 4.40. The van der Waals surface area contributed by atoms with Gasteiger partial charge in [0.05, 0.1) is 17.2 Å². The van der Waals surface area contributed by atoms with Gasteiger partial charge in [0.1, 0.15) is 0 Å². The second-order valence-electron chi connectivity index (χ2n) is 3.34. The summed E-state index contributed by atoms with van der Waals surface area (Å²) in [6.45, 7) is 2.75. The predicted molar refractivity (Wildman–Crippen MR) is 65.0 cm³/mol. The van der Waals surface area contributed by atoms with E-state index >= 15 is 0 Å². The third-order valence-corrected chi connectivity index (χ3v) is 2.85. The van der Waals surface area contributed by atoms with Crippen LogP contribution in [0, 0.1) is 6.92 Å². The Morgan fingerprint density at radius 2 is 2.33 bits per heavy atom. The first kappa shape index (κ1) is 9.98. The summed E-state index contributed by atoms with van der Waals surface area (Å²) in [5, 5.41) is 6.44. The molecule has 0 radical (unpaired) electrons. The molecule has 1 aromatic heterocycles. The Kier molecular flexibility index (Phi) is 2.87. The summed E-state index contributed by atoms with van der Waals surface area (Å²) in [6.07, 6.45) is 0. The highest BCUT2D eigenvalue weighted by molar-refractivity contribution is 7.09. The lowest BCUT2D eigenvalue weighted by Gasteiger charge is -2.04. The molecule has 0 saturated heterocycles. The fourth-order valence-electron chi connectivity index (χ4n) is 1.33. The lowest BCUT2D eigenvalue weighted by molar-refractivity contribution is 1.05. The number of hydrogen-bond donors (Lipinski definition) is 2. The van der Waals surface area contributed by atoms with E-state index in [1.165, 1.54) is 0 Å². The summed E-state index contributed by atoms with van der Waals surface area (Å²) >= 11 is 1.67. The second kappa shape index (κ2) is 4.31. The highest BCUT2D eigenvalue weighted by atomic mass is 32.1. The van der Waals surface area contributed by atoms with E-state index in [1.807, 2.05) is 31.2 Å². The van der Waals surface area contributed by atoms with Crippen molar-refractivity contribution in [2.24, 2.45) is 0 Å². The lowest BCUT2D eigenvalue weighted by Crippen LogP contribution is -2.00. The summed E-state index contributed by atoms with van der Waals surface area (Å²) in [6, 6.07) is 7.72. The highest BCUT2D eigenvalue weighted by Gasteiger charge is 1.98. The molecule has 78 valence electrons. The van der Waals surface area contributed by atoms with Gasteiger partial charge in [0.25, 0.3) is 0 Å². The van der Waals surface area contributed by atoms with Gasteiger partial charge in [0.2, 0.25) is 0 Å². The Labute approximate surface area is 93.0 Å². The van der Waals surface area contributed by atoms with Crippen LogP contribution in [0.4, 0.5) is 11.4 Å². The zero-order valence-electron chi connectivity index (χ0n) is 8.53. The van der Waals surface area contributed by atoms with Gasteiger partial charge in [-0.15, -0.1) is 11.3 Å². The van der Waals surface area contributed by atoms with E-state index in [4.69, 9.17) is 5.73 Å². The van der Waals surface area contributed by atoms with Gasteiger partial charge in [-0.25, -0.2) is 4.98 Å². The number of anilines is 2. The van der Waals surface area contributed by atoms with Crippen molar-refractivity contribution in [3.63, 3.8) is 0 Å². The maximum atomic E-state index is 5.68. The van der Waals surface area contributed by atoms with E-state index in [9.17, 15) is 0 Å². The van der Waals surface area contributed by atoms with Crippen LogP contribution in [0.3, 0.4) is 0 Å². The van der Waals surface area contributed by atoms with Crippen molar-refractivity contribution in [3.8, 4) is 0 Å². The standard InChI is InChI=1S/C11H13N3S/c1-8-14-11(7-15-8)6-13-10-4-2-3-9(12)5-10/h2-5,7,13H,6,12H2,1H3. The number of benzene rings is 1. The van der Waals surface area contributed by atoms with E-state index in [0.717, 1.165) is 28.6 Å². The van der Waals surface area contributed by atoms with E-state index in [0.29, 0.717) is 0 Å². The number of aryl methyl sites for hydroxylation is 1. The molecule has 0 spiro atoms. The molecular weight excluding hydrogens is 206 g/mol. The minimum absolute atomic E-state index is 0.744. The van der Waals surface area contributed by atoms with Crippen molar-refractivity contribution in [2.75, 3.05) is 11.1 Å². The van der Waals surface area contributed by atoms with E-state index in [-0.39, 0.29) is 0 Å². The normalized spacial score (nSPS) is 10.2. The van der Waals surface area contributed by atoms with Gasteiger partial charge in [0, 0.05) is 16.8 Å². The van der Waals surface area contributed by atoms with Crippen LogP contribution in [0.5, 0.6) is 0 Å². The molecule has 0 atom stereocenters. The van der Waals surface area contributed by atoms with Gasteiger partial charge in [-0.1, -0.05) is 6.07 Å². The van der Waals surface area contributed by atoms with Crippen molar-refractivity contribution in [3.05, 3.63) is 40.3 Å². The number of nitrogens with one attached hydrogen (secondary N) is 1. The van der Waals surface area contributed by atoms with Gasteiger partial charge in [-0.2, -0.15) is 0 Å². The average Bonchev–Trinajstić information content (AvgIpc) is 2.62. The molecule has 0 amide bonds. The molecule has 3 nitrogen and oxygen atoms in total. The summed E-state index contributed by atoms with van der Waals surface area (Å²) in [5.74, 6) is 0. The molecule has 2 rings (SSSR count). The third-order valence-electron chi connectivity index (χ3n) is 2.03. The number of rotatable bonds is 3. The van der Waals surface area contributed by atoms with Crippen LogP contribution in [0.25, 0.3) is 0 Å². The maximum absolute atomic E-state index is 5.68. The maximum Gasteiger partial charge on any atom is 0.0898 e. The number of thiazole rings is 1. The lowest BCUT2D eigenvalue weighted by atomic mass is 10.3. The molecule has 15 heavy (non-hydrogen) atoms.